The van der Waals surface area contributed by atoms with Gasteiger partial charge in [0.05, 0.1) is 5.69 Å². The summed E-state index contributed by atoms with van der Waals surface area (Å²) >= 11 is 0. The summed E-state index contributed by atoms with van der Waals surface area (Å²) in [4.78, 5) is 4.30. The van der Waals surface area contributed by atoms with Crippen LogP contribution in [-0.2, 0) is 0 Å². The first-order chi connectivity index (χ1) is 12.5. The van der Waals surface area contributed by atoms with Crippen molar-refractivity contribution in [2.75, 3.05) is 11.1 Å². The predicted octanol–water partition coefficient (Wildman–Crippen LogP) is 3.32. The Morgan fingerprint density at radius 2 is 1.77 bits per heavy atom. The lowest BCUT2D eigenvalue weighted by Crippen LogP contribution is -2.26. The number of hydrogen-bond acceptors (Lipinski definition) is 5. The number of para-hydroxylation sites is 1. The molecule has 1 saturated carbocycles. The zero-order valence-electron chi connectivity index (χ0n) is 14.1. The third kappa shape index (κ3) is 2.86. The van der Waals surface area contributed by atoms with Crippen molar-refractivity contribution in [3.63, 3.8) is 0 Å². The van der Waals surface area contributed by atoms with Gasteiger partial charge in [-0.2, -0.15) is 0 Å². The van der Waals surface area contributed by atoms with Crippen LogP contribution in [0, 0.1) is 11.6 Å². The Hall–Kier alpha value is -2.74. The number of anilines is 3. The Kier molecular flexibility index (Phi) is 4.20. The van der Waals surface area contributed by atoms with Crippen LogP contribution in [0.2, 0.25) is 0 Å². The number of benzene rings is 1. The van der Waals surface area contributed by atoms with E-state index in [2.05, 4.69) is 15.4 Å². The third-order valence-electron chi connectivity index (χ3n) is 5.00. The number of nitrogens with one attached hydrogen (secondary N) is 1. The maximum absolute atomic E-state index is 14.2. The fraction of sp³-hybridized carbons (Fsp3) is 0.333. The molecule has 2 aromatic heterocycles. The second-order valence-corrected chi connectivity index (χ2v) is 6.70. The Balaban J connectivity index is 1.86. The van der Waals surface area contributed by atoms with Crippen LogP contribution in [0.15, 0.2) is 30.6 Å². The molecule has 2 heterocycles. The zero-order valence-corrected chi connectivity index (χ0v) is 14.1. The molecule has 6 nitrogen and oxygen atoms in total. The zero-order chi connectivity index (χ0) is 18.3. The van der Waals surface area contributed by atoms with Crippen molar-refractivity contribution >= 4 is 22.8 Å². The van der Waals surface area contributed by atoms with Crippen molar-refractivity contribution in [3.05, 3.63) is 47.8 Å². The minimum absolute atomic E-state index is 0.112. The highest BCUT2D eigenvalue weighted by molar-refractivity contribution is 5.81. The molecular formula is C18H20F2N6. The molecule has 1 aliphatic rings. The smallest absolute Gasteiger partial charge is 0.177 e. The van der Waals surface area contributed by atoms with Gasteiger partial charge >= 0.3 is 0 Å². The number of halogens is 2. The first kappa shape index (κ1) is 16.7. The molecule has 0 radical (unpaired) electrons. The summed E-state index contributed by atoms with van der Waals surface area (Å²) in [5, 5.41) is 7.25. The molecule has 0 atom stereocenters. The Labute approximate surface area is 149 Å². The van der Waals surface area contributed by atoms with Gasteiger partial charge in [-0.15, -0.1) is 5.10 Å². The van der Waals surface area contributed by atoms with E-state index in [4.69, 9.17) is 11.5 Å². The van der Waals surface area contributed by atoms with E-state index in [-0.39, 0.29) is 17.6 Å². The van der Waals surface area contributed by atoms with E-state index in [0.29, 0.717) is 17.2 Å². The van der Waals surface area contributed by atoms with Gasteiger partial charge in [0.15, 0.2) is 5.65 Å². The summed E-state index contributed by atoms with van der Waals surface area (Å²) < 4.78 is 29.9. The van der Waals surface area contributed by atoms with Crippen LogP contribution < -0.4 is 16.8 Å². The van der Waals surface area contributed by atoms with E-state index in [1.807, 2.05) is 0 Å². The van der Waals surface area contributed by atoms with E-state index in [0.717, 1.165) is 31.2 Å². The van der Waals surface area contributed by atoms with E-state index in [1.165, 1.54) is 22.7 Å². The SMILES string of the molecule is Nc1nn2ccnc2c(Nc2c(F)cccc2F)c1[C@H]1CC[C@@H](N)CC1. The van der Waals surface area contributed by atoms with Crippen LogP contribution in [0.25, 0.3) is 5.65 Å². The molecule has 0 spiro atoms. The minimum atomic E-state index is -0.679. The van der Waals surface area contributed by atoms with Gasteiger partial charge in [0, 0.05) is 24.0 Å². The van der Waals surface area contributed by atoms with Gasteiger partial charge in [-0.25, -0.2) is 18.3 Å². The molecule has 1 fully saturated rings. The van der Waals surface area contributed by atoms with Crippen LogP contribution in [0.1, 0.15) is 37.2 Å². The largest absolute Gasteiger partial charge is 0.382 e. The van der Waals surface area contributed by atoms with Crippen LogP contribution in [0.3, 0.4) is 0 Å². The van der Waals surface area contributed by atoms with Gasteiger partial charge in [0.1, 0.15) is 23.1 Å². The third-order valence-corrected chi connectivity index (χ3v) is 5.00. The summed E-state index contributed by atoms with van der Waals surface area (Å²) in [5.74, 6) is -0.917. The number of nitrogens with zero attached hydrogens (tertiary/aromatic N) is 3. The van der Waals surface area contributed by atoms with E-state index in [1.54, 1.807) is 12.4 Å². The van der Waals surface area contributed by atoms with Crippen molar-refractivity contribution in [1.29, 1.82) is 0 Å². The summed E-state index contributed by atoms with van der Waals surface area (Å²) in [6.45, 7) is 0. The lowest BCUT2D eigenvalue weighted by Gasteiger charge is -2.28. The molecule has 5 N–H and O–H groups in total. The van der Waals surface area contributed by atoms with E-state index in [9.17, 15) is 8.78 Å². The number of fused-ring (bicyclic) bond motifs is 1. The Bertz CT molecular complexity index is 926. The van der Waals surface area contributed by atoms with Crippen molar-refractivity contribution in [1.82, 2.24) is 14.6 Å². The summed E-state index contributed by atoms with van der Waals surface area (Å²) in [7, 11) is 0. The van der Waals surface area contributed by atoms with Crippen LogP contribution in [-0.4, -0.2) is 20.6 Å². The first-order valence-electron chi connectivity index (χ1n) is 8.64. The predicted molar refractivity (Wildman–Crippen MR) is 96.2 cm³/mol. The van der Waals surface area contributed by atoms with Gasteiger partial charge in [0.25, 0.3) is 0 Å². The molecule has 136 valence electrons. The fourth-order valence-corrected chi connectivity index (χ4v) is 3.66. The van der Waals surface area contributed by atoms with Crippen LogP contribution >= 0.6 is 0 Å². The second kappa shape index (κ2) is 6.53. The molecule has 0 saturated heterocycles. The maximum Gasteiger partial charge on any atom is 0.177 e. The van der Waals surface area contributed by atoms with E-state index < -0.39 is 11.6 Å². The van der Waals surface area contributed by atoms with Gasteiger partial charge in [-0.3, -0.25) is 0 Å². The van der Waals surface area contributed by atoms with Crippen molar-refractivity contribution < 1.29 is 8.78 Å². The first-order valence-corrected chi connectivity index (χ1v) is 8.64. The Morgan fingerprint density at radius 3 is 2.46 bits per heavy atom. The summed E-state index contributed by atoms with van der Waals surface area (Å²) in [6.07, 6.45) is 6.66. The topological polar surface area (TPSA) is 94.3 Å². The lowest BCUT2D eigenvalue weighted by molar-refractivity contribution is 0.396. The second-order valence-electron chi connectivity index (χ2n) is 6.70. The van der Waals surface area contributed by atoms with Crippen LogP contribution in [0.4, 0.5) is 26.0 Å². The van der Waals surface area contributed by atoms with Crippen molar-refractivity contribution in [2.24, 2.45) is 5.73 Å². The number of imidazole rings is 1. The number of nitrogens with two attached hydrogens (primary N) is 2. The molecule has 0 bridgehead atoms. The number of aromatic nitrogens is 3. The number of hydrogen-bond donors (Lipinski definition) is 3. The van der Waals surface area contributed by atoms with Crippen LogP contribution in [0.5, 0.6) is 0 Å². The highest BCUT2D eigenvalue weighted by Gasteiger charge is 2.27. The molecule has 4 rings (SSSR count). The molecule has 1 aliphatic carbocycles. The molecule has 1 aromatic carbocycles. The quantitative estimate of drug-likeness (QED) is 0.668. The van der Waals surface area contributed by atoms with Gasteiger partial charge in [-0.05, 0) is 43.7 Å². The summed E-state index contributed by atoms with van der Waals surface area (Å²) in [6, 6.07) is 3.91. The standard InChI is InChI=1S/C18H20F2N6/c19-12-2-1-3-13(20)15(12)24-16-14(10-4-6-11(21)7-5-10)17(22)25-26-9-8-23-18(16)26/h1-3,8-11,24H,4-7,21H2,(H2,22,25)/t10-,11+. The molecular weight excluding hydrogens is 338 g/mol. The van der Waals surface area contributed by atoms with Gasteiger partial charge < -0.3 is 16.8 Å². The lowest BCUT2D eigenvalue weighted by atomic mass is 9.81. The average molecular weight is 358 g/mol. The monoisotopic (exact) mass is 358 g/mol. The normalized spacial score (nSPS) is 20.4. The highest BCUT2D eigenvalue weighted by atomic mass is 19.1. The molecule has 0 aliphatic heterocycles. The van der Waals surface area contributed by atoms with Crippen molar-refractivity contribution in [2.45, 2.75) is 37.6 Å². The minimum Gasteiger partial charge on any atom is -0.382 e. The average Bonchev–Trinajstić information content (AvgIpc) is 3.07. The molecule has 0 unspecified atom stereocenters. The Morgan fingerprint density at radius 1 is 1.08 bits per heavy atom. The van der Waals surface area contributed by atoms with E-state index >= 15 is 0 Å². The molecule has 26 heavy (non-hydrogen) atoms. The molecule has 8 heteroatoms. The molecule has 0 amide bonds. The number of nitrogen functional groups attached to an aromatic ring is 1. The van der Waals surface area contributed by atoms with Crippen molar-refractivity contribution in [3.8, 4) is 0 Å². The van der Waals surface area contributed by atoms with Gasteiger partial charge in [0.2, 0.25) is 0 Å². The maximum atomic E-state index is 14.2. The highest BCUT2D eigenvalue weighted by Crippen LogP contribution is 2.41. The molecule has 3 aromatic rings. The summed E-state index contributed by atoms with van der Waals surface area (Å²) in [5.41, 5.74) is 13.7. The number of rotatable bonds is 3. The fourth-order valence-electron chi connectivity index (χ4n) is 3.66. The van der Waals surface area contributed by atoms with Gasteiger partial charge in [-0.1, -0.05) is 6.07 Å².